The molecule has 178 valence electrons. The summed E-state index contributed by atoms with van der Waals surface area (Å²) in [7, 11) is -2.28. The molecular formula is C26H23N3O5S. The van der Waals surface area contributed by atoms with Crippen LogP contribution in [-0.4, -0.2) is 33.9 Å². The van der Waals surface area contributed by atoms with E-state index in [0.717, 1.165) is 10.8 Å². The van der Waals surface area contributed by atoms with E-state index in [-0.39, 0.29) is 17.3 Å². The van der Waals surface area contributed by atoms with Gasteiger partial charge in [-0.15, -0.1) is 0 Å². The molecule has 3 N–H and O–H groups in total. The molecule has 0 atom stereocenters. The lowest BCUT2D eigenvalue weighted by atomic mass is 10.1. The fraction of sp³-hybridized carbons (Fsp3) is 0.0769. The maximum Gasteiger partial charge on any atom is 0.261 e. The molecule has 0 radical (unpaired) electrons. The summed E-state index contributed by atoms with van der Waals surface area (Å²) in [4.78, 5) is 24.7. The molecule has 4 aromatic carbocycles. The molecule has 0 unspecified atom stereocenters. The van der Waals surface area contributed by atoms with Crippen LogP contribution in [0.25, 0.3) is 10.8 Å². The largest absolute Gasteiger partial charge is 0.497 e. The number of anilines is 2. The highest BCUT2D eigenvalue weighted by Gasteiger charge is 2.15. The van der Waals surface area contributed by atoms with E-state index in [1.54, 1.807) is 36.4 Å². The molecule has 35 heavy (non-hydrogen) atoms. The lowest BCUT2D eigenvalue weighted by Gasteiger charge is -2.10. The van der Waals surface area contributed by atoms with E-state index in [4.69, 9.17) is 4.74 Å². The molecule has 4 aromatic rings. The van der Waals surface area contributed by atoms with Crippen molar-refractivity contribution in [3.8, 4) is 5.75 Å². The van der Waals surface area contributed by atoms with Gasteiger partial charge in [-0.25, -0.2) is 8.42 Å². The van der Waals surface area contributed by atoms with E-state index in [0.29, 0.717) is 22.7 Å². The van der Waals surface area contributed by atoms with Crippen LogP contribution in [0, 0.1) is 0 Å². The van der Waals surface area contributed by atoms with Gasteiger partial charge in [-0.05, 0) is 71.4 Å². The first kappa shape index (κ1) is 23.8. The van der Waals surface area contributed by atoms with Gasteiger partial charge in [-0.3, -0.25) is 14.3 Å². The van der Waals surface area contributed by atoms with Crippen molar-refractivity contribution in [2.75, 3.05) is 23.7 Å². The highest BCUT2D eigenvalue weighted by molar-refractivity contribution is 7.92. The third kappa shape index (κ3) is 5.96. The van der Waals surface area contributed by atoms with Crippen LogP contribution < -0.4 is 20.1 Å². The normalized spacial score (nSPS) is 11.0. The number of carbonyl (C=O) groups excluding carboxylic acids is 2. The molecule has 0 fully saturated rings. The zero-order valence-corrected chi connectivity index (χ0v) is 19.6. The Hall–Kier alpha value is -4.37. The van der Waals surface area contributed by atoms with Crippen molar-refractivity contribution in [1.82, 2.24) is 5.32 Å². The zero-order valence-electron chi connectivity index (χ0n) is 18.8. The fourth-order valence-electron chi connectivity index (χ4n) is 3.39. The average molecular weight is 490 g/mol. The van der Waals surface area contributed by atoms with E-state index >= 15 is 0 Å². The van der Waals surface area contributed by atoms with Gasteiger partial charge in [0.2, 0.25) is 5.91 Å². The number of fused-ring (bicyclic) bond motifs is 1. The van der Waals surface area contributed by atoms with Crippen LogP contribution in [-0.2, 0) is 14.8 Å². The molecule has 8 nitrogen and oxygen atoms in total. The van der Waals surface area contributed by atoms with Gasteiger partial charge in [0, 0.05) is 16.9 Å². The molecular weight excluding hydrogens is 466 g/mol. The average Bonchev–Trinajstić information content (AvgIpc) is 2.87. The third-order valence-corrected chi connectivity index (χ3v) is 6.61. The van der Waals surface area contributed by atoms with Crippen molar-refractivity contribution in [1.29, 1.82) is 0 Å². The van der Waals surface area contributed by atoms with Crippen molar-refractivity contribution in [3.05, 3.63) is 96.6 Å². The van der Waals surface area contributed by atoms with Gasteiger partial charge in [-0.2, -0.15) is 0 Å². The van der Waals surface area contributed by atoms with Gasteiger partial charge in [0.15, 0.2) is 0 Å². The smallest absolute Gasteiger partial charge is 0.261 e. The van der Waals surface area contributed by atoms with Gasteiger partial charge >= 0.3 is 0 Å². The number of nitrogens with one attached hydrogen (secondary N) is 3. The summed E-state index contributed by atoms with van der Waals surface area (Å²) in [5, 5.41) is 7.18. The van der Waals surface area contributed by atoms with E-state index in [9.17, 15) is 18.0 Å². The minimum Gasteiger partial charge on any atom is -0.497 e. The monoisotopic (exact) mass is 489 g/mol. The Morgan fingerprint density at radius 3 is 2.14 bits per heavy atom. The van der Waals surface area contributed by atoms with Gasteiger partial charge in [0.05, 0.1) is 18.6 Å². The molecule has 0 saturated carbocycles. The molecule has 0 aromatic heterocycles. The predicted molar refractivity (Wildman–Crippen MR) is 135 cm³/mol. The maximum absolute atomic E-state index is 12.6. The lowest BCUT2D eigenvalue weighted by Crippen LogP contribution is -2.32. The summed E-state index contributed by atoms with van der Waals surface area (Å²) in [6, 6.07) is 25.2. The molecule has 0 heterocycles. The highest BCUT2D eigenvalue weighted by atomic mass is 32.2. The Bertz CT molecular complexity index is 1470. The minimum atomic E-state index is -3.81. The summed E-state index contributed by atoms with van der Waals surface area (Å²) in [6.45, 7) is -0.231. The lowest BCUT2D eigenvalue weighted by molar-refractivity contribution is -0.115. The number of rotatable bonds is 8. The molecule has 0 bridgehead atoms. The van der Waals surface area contributed by atoms with Gasteiger partial charge in [0.25, 0.3) is 15.9 Å². The van der Waals surface area contributed by atoms with Crippen LogP contribution >= 0.6 is 0 Å². The fourth-order valence-corrected chi connectivity index (χ4v) is 4.45. The molecule has 9 heteroatoms. The van der Waals surface area contributed by atoms with E-state index in [1.165, 1.54) is 31.4 Å². The number of methoxy groups -OCH3 is 1. The number of sulfonamides is 1. The van der Waals surface area contributed by atoms with E-state index in [2.05, 4.69) is 15.4 Å². The second-order valence-corrected chi connectivity index (χ2v) is 9.33. The van der Waals surface area contributed by atoms with Crippen LogP contribution in [0.15, 0.2) is 95.9 Å². The molecule has 4 rings (SSSR count). The van der Waals surface area contributed by atoms with Crippen molar-refractivity contribution in [2.24, 2.45) is 0 Å². The Morgan fingerprint density at radius 2 is 1.46 bits per heavy atom. The van der Waals surface area contributed by atoms with Crippen molar-refractivity contribution < 1.29 is 22.7 Å². The molecule has 0 saturated heterocycles. The number of hydrogen-bond donors (Lipinski definition) is 3. The van der Waals surface area contributed by atoms with E-state index < -0.39 is 15.9 Å². The SMILES string of the molecule is COc1ccc(NS(=O)(=O)c2ccc(NC(=O)CNC(=O)c3ccc4ccccc4c3)cc2)cc1. The first-order valence-electron chi connectivity index (χ1n) is 10.7. The minimum absolute atomic E-state index is 0.0379. The molecule has 0 spiro atoms. The van der Waals surface area contributed by atoms with Crippen LogP contribution in [0.2, 0.25) is 0 Å². The predicted octanol–water partition coefficient (Wildman–Crippen LogP) is 4.02. The zero-order chi connectivity index (χ0) is 24.8. The van der Waals surface area contributed by atoms with Crippen LogP contribution in [0.5, 0.6) is 5.75 Å². The van der Waals surface area contributed by atoms with Gasteiger partial charge in [-0.1, -0.05) is 30.3 Å². The molecule has 0 aliphatic carbocycles. The second kappa shape index (κ2) is 10.3. The highest BCUT2D eigenvalue weighted by Crippen LogP contribution is 2.21. The van der Waals surface area contributed by atoms with Crippen molar-refractivity contribution >= 4 is 44.0 Å². The molecule has 0 aliphatic rings. The van der Waals surface area contributed by atoms with Crippen molar-refractivity contribution in [2.45, 2.75) is 4.90 Å². The first-order chi connectivity index (χ1) is 16.8. The second-order valence-electron chi connectivity index (χ2n) is 7.65. The van der Waals surface area contributed by atoms with E-state index in [1.807, 2.05) is 30.3 Å². The van der Waals surface area contributed by atoms with Crippen LogP contribution in [0.3, 0.4) is 0 Å². The Labute approximate surface area is 203 Å². The summed E-state index contributed by atoms with van der Waals surface area (Å²) in [5.74, 6) is -0.190. The van der Waals surface area contributed by atoms with Crippen LogP contribution in [0.1, 0.15) is 10.4 Å². The number of ether oxygens (including phenoxy) is 1. The third-order valence-electron chi connectivity index (χ3n) is 5.21. The Balaban J connectivity index is 1.32. The quantitative estimate of drug-likeness (QED) is 0.346. The first-order valence-corrected chi connectivity index (χ1v) is 12.2. The molecule has 0 aliphatic heterocycles. The summed E-state index contributed by atoms with van der Waals surface area (Å²) in [6.07, 6.45) is 0. The Morgan fingerprint density at radius 1 is 0.800 bits per heavy atom. The topological polar surface area (TPSA) is 114 Å². The van der Waals surface area contributed by atoms with Crippen LogP contribution in [0.4, 0.5) is 11.4 Å². The Kier molecular flexibility index (Phi) is 6.98. The summed E-state index contributed by atoms with van der Waals surface area (Å²) < 4.78 is 32.8. The summed E-state index contributed by atoms with van der Waals surface area (Å²) in [5.41, 5.74) is 1.25. The number of hydrogen-bond acceptors (Lipinski definition) is 5. The molecule has 2 amide bonds. The van der Waals surface area contributed by atoms with Gasteiger partial charge < -0.3 is 15.4 Å². The standard InChI is InChI=1S/C26H23N3O5S/c1-34-23-12-8-22(9-13-23)29-35(32,33)24-14-10-21(11-15-24)28-25(30)17-27-26(31)20-7-6-18-4-2-3-5-19(18)16-20/h2-16,29H,17H2,1H3,(H,27,31)(H,28,30). The number of amides is 2. The summed E-state index contributed by atoms with van der Waals surface area (Å²) >= 11 is 0. The van der Waals surface area contributed by atoms with Gasteiger partial charge in [0.1, 0.15) is 5.75 Å². The number of benzene rings is 4. The van der Waals surface area contributed by atoms with Crippen molar-refractivity contribution in [3.63, 3.8) is 0 Å². The number of carbonyl (C=O) groups is 2. The maximum atomic E-state index is 12.6.